The fourth-order valence-corrected chi connectivity index (χ4v) is 1.91. The van der Waals surface area contributed by atoms with E-state index in [0.29, 0.717) is 17.1 Å². The number of hydrogen-bond donors (Lipinski definition) is 1. The number of halogens is 1. The summed E-state index contributed by atoms with van der Waals surface area (Å²) in [7, 11) is 0. The van der Waals surface area contributed by atoms with Crippen LogP contribution in [0.1, 0.15) is 25.8 Å². The van der Waals surface area contributed by atoms with Crippen LogP contribution in [0, 0.1) is 12.9 Å². The molecule has 19 heavy (non-hydrogen) atoms. The minimum Gasteiger partial charge on any atom is -0.370 e. The molecule has 2 aromatic heterocycles. The number of nitrogens with one attached hydrogen (secondary N) is 1. The lowest BCUT2D eigenvalue weighted by atomic mass is 10.1. The summed E-state index contributed by atoms with van der Waals surface area (Å²) >= 11 is 0. The molecule has 0 atom stereocenters. The lowest BCUT2D eigenvalue weighted by Crippen LogP contribution is -2.03. The molecule has 4 nitrogen and oxygen atoms in total. The molecular weight excluding hydrogens is 243 g/mol. The maximum absolute atomic E-state index is 14.1. The van der Waals surface area contributed by atoms with Gasteiger partial charge in [-0.3, -0.25) is 4.68 Å². The van der Waals surface area contributed by atoms with Crippen molar-refractivity contribution >= 4 is 5.82 Å². The highest BCUT2D eigenvalue weighted by Gasteiger charge is 2.13. The minimum atomic E-state index is -0.481. The molecule has 0 spiro atoms. The number of pyridine rings is 1. The summed E-state index contributed by atoms with van der Waals surface area (Å²) in [6.07, 6.45) is 2.89. The van der Waals surface area contributed by atoms with Gasteiger partial charge in [-0.05, 0) is 38.0 Å². The Labute approximate surface area is 112 Å². The number of anilines is 1. The van der Waals surface area contributed by atoms with Crippen molar-refractivity contribution in [2.24, 2.45) is 0 Å². The first kappa shape index (κ1) is 13.5. The maximum Gasteiger partial charge on any atom is 0.224 e. The summed E-state index contributed by atoms with van der Waals surface area (Å²) in [6, 6.07) is 3.52. The van der Waals surface area contributed by atoms with Gasteiger partial charge in [0.2, 0.25) is 5.95 Å². The molecule has 102 valence electrons. The van der Waals surface area contributed by atoms with Crippen molar-refractivity contribution in [2.75, 3.05) is 11.9 Å². The van der Waals surface area contributed by atoms with Crippen molar-refractivity contribution in [1.82, 2.24) is 14.8 Å². The van der Waals surface area contributed by atoms with Gasteiger partial charge in [-0.25, -0.2) is 4.98 Å². The van der Waals surface area contributed by atoms with Crippen molar-refractivity contribution in [3.63, 3.8) is 0 Å². The molecule has 0 saturated carbocycles. The Morgan fingerprint density at radius 2 is 2.11 bits per heavy atom. The highest BCUT2D eigenvalue weighted by molar-refractivity contribution is 5.63. The highest BCUT2D eigenvalue weighted by Crippen LogP contribution is 2.24. The zero-order valence-electron chi connectivity index (χ0n) is 11.6. The fourth-order valence-electron chi connectivity index (χ4n) is 1.91. The molecule has 2 rings (SSSR count). The van der Waals surface area contributed by atoms with E-state index in [-0.39, 0.29) is 0 Å². The molecule has 5 heteroatoms. The van der Waals surface area contributed by atoms with Crippen LogP contribution in [0.25, 0.3) is 11.3 Å². The van der Waals surface area contributed by atoms with E-state index in [4.69, 9.17) is 0 Å². The van der Waals surface area contributed by atoms with Gasteiger partial charge < -0.3 is 5.32 Å². The molecule has 0 bridgehead atoms. The smallest absolute Gasteiger partial charge is 0.224 e. The zero-order valence-corrected chi connectivity index (χ0v) is 11.6. The second kappa shape index (κ2) is 5.82. The van der Waals surface area contributed by atoms with E-state index in [1.54, 1.807) is 16.8 Å². The third-order valence-electron chi connectivity index (χ3n) is 2.93. The van der Waals surface area contributed by atoms with Crippen LogP contribution in [0.15, 0.2) is 18.3 Å². The molecule has 0 aliphatic heterocycles. The Balaban J connectivity index is 2.32. The number of aromatic nitrogens is 3. The zero-order chi connectivity index (χ0) is 13.8. The fraction of sp³-hybridized carbons (Fsp3) is 0.429. The van der Waals surface area contributed by atoms with Crippen LogP contribution >= 0.6 is 0 Å². The quantitative estimate of drug-likeness (QED) is 0.841. The van der Waals surface area contributed by atoms with Crippen molar-refractivity contribution in [2.45, 2.75) is 33.7 Å². The van der Waals surface area contributed by atoms with Crippen LogP contribution in [0.2, 0.25) is 0 Å². The molecular formula is C14H19FN4. The van der Waals surface area contributed by atoms with Crippen LogP contribution in [-0.2, 0) is 6.54 Å². The van der Waals surface area contributed by atoms with Crippen molar-refractivity contribution in [1.29, 1.82) is 0 Å². The molecule has 1 N–H and O–H groups in total. The van der Waals surface area contributed by atoms with E-state index in [0.717, 1.165) is 25.1 Å². The van der Waals surface area contributed by atoms with Crippen molar-refractivity contribution in [3.05, 3.63) is 29.8 Å². The third-order valence-corrected chi connectivity index (χ3v) is 2.93. The van der Waals surface area contributed by atoms with Crippen molar-refractivity contribution in [3.8, 4) is 11.3 Å². The van der Waals surface area contributed by atoms with Gasteiger partial charge in [0.1, 0.15) is 5.82 Å². The average Bonchev–Trinajstić information content (AvgIpc) is 2.78. The Bertz CT molecular complexity index is 563. The molecule has 0 aromatic carbocycles. The largest absolute Gasteiger partial charge is 0.370 e. The molecule has 0 aliphatic carbocycles. The van der Waals surface area contributed by atoms with Crippen LogP contribution in [0.4, 0.5) is 10.2 Å². The van der Waals surface area contributed by atoms with Crippen LogP contribution in [-0.4, -0.2) is 21.3 Å². The highest BCUT2D eigenvalue weighted by atomic mass is 19.1. The van der Waals surface area contributed by atoms with Gasteiger partial charge in [-0.15, -0.1) is 0 Å². The second-order valence-corrected chi connectivity index (χ2v) is 4.48. The molecule has 2 heterocycles. The first-order valence-corrected chi connectivity index (χ1v) is 6.60. The van der Waals surface area contributed by atoms with Crippen molar-refractivity contribution < 1.29 is 4.39 Å². The number of nitrogens with zero attached hydrogens (tertiary/aromatic N) is 3. The van der Waals surface area contributed by atoms with E-state index in [1.165, 1.54) is 0 Å². The van der Waals surface area contributed by atoms with Gasteiger partial charge in [0.25, 0.3) is 0 Å². The number of hydrogen-bond acceptors (Lipinski definition) is 3. The molecule has 0 saturated heterocycles. The lowest BCUT2D eigenvalue weighted by Gasteiger charge is -2.06. The molecule has 0 radical (unpaired) electrons. The monoisotopic (exact) mass is 262 g/mol. The summed E-state index contributed by atoms with van der Waals surface area (Å²) < 4.78 is 15.9. The standard InChI is InChI=1S/C14H19FN4/c1-4-8-16-12-7-6-11(14(15)17-12)13-10(3)9-19(5-2)18-13/h6-7,9H,4-5,8H2,1-3H3,(H,16,17). The predicted octanol–water partition coefficient (Wildman–Crippen LogP) is 3.23. The van der Waals surface area contributed by atoms with Crippen LogP contribution in [0.5, 0.6) is 0 Å². The third kappa shape index (κ3) is 2.92. The first-order chi connectivity index (χ1) is 9.15. The van der Waals surface area contributed by atoms with E-state index < -0.39 is 5.95 Å². The molecule has 0 amide bonds. The van der Waals surface area contributed by atoms with Gasteiger partial charge in [-0.2, -0.15) is 9.49 Å². The Hall–Kier alpha value is -1.91. The number of aryl methyl sites for hydroxylation is 2. The van der Waals surface area contributed by atoms with E-state index in [2.05, 4.69) is 22.3 Å². The van der Waals surface area contributed by atoms with Crippen LogP contribution < -0.4 is 5.32 Å². The van der Waals surface area contributed by atoms with E-state index >= 15 is 0 Å². The van der Waals surface area contributed by atoms with Gasteiger partial charge >= 0.3 is 0 Å². The summed E-state index contributed by atoms with van der Waals surface area (Å²) in [6.45, 7) is 7.54. The van der Waals surface area contributed by atoms with Gasteiger partial charge in [0.15, 0.2) is 0 Å². The maximum atomic E-state index is 14.1. The van der Waals surface area contributed by atoms with E-state index in [9.17, 15) is 4.39 Å². The Morgan fingerprint density at radius 3 is 2.68 bits per heavy atom. The predicted molar refractivity (Wildman–Crippen MR) is 74.6 cm³/mol. The topological polar surface area (TPSA) is 42.7 Å². The van der Waals surface area contributed by atoms with Gasteiger partial charge in [0.05, 0.1) is 11.3 Å². The summed E-state index contributed by atoms with van der Waals surface area (Å²) in [4.78, 5) is 3.94. The normalized spacial score (nSPS) is 10.7. The van der Waals surface area contributed by atoms with Crippen LogP contribution in [0.3, 0.4) is 0 Å². The number of rotatable bonds is 5. The molecule has 0 fully saturated rings. The summed E-state index contributed by atoms with van der Waals surface area (Å²) in [5.41, 5.74) is 2.07. The Morgan fingerprint density at radius 1 is 1.32 bits per heavy atom. The molecule has 0 aliphatic rings. The first-order valence-electron chi connectivity index (χ1n) is 6.60. The molecule has 0 unspecified atom stereocenters. The summed E-state index contributed by atoms with van der Waals surface area (Å²) in [5, 5.41) is 7.44. The second-order valence-electron chi connectivity index (χ2n) is 4.48. The lowest BCUT2D eigenvalue weighted by molar-refractivity contribution is 0.586. The van der Waals surface area contributed by atoms with Gasteiger partial charge in [0, 0.05) is 19.3 Å². The summed E-state index contributed by atoms with van der Waals surface area (Å²) in [5.74, 6) is 0.0845. The Kier molecular flexibility index (Phi) is 4.14. The van der Waals surface area contributed by atoms with E-state index in [1.807, 2.05) is 20.0 Å². The minimum absolute atomic E-state index is 0.451. The van der Waals surface area contributed by atoms with Gasteiger partial charge in [-0.1, -0.05) is 6.92 Å². The SMILES string of the molecule is CCCNc1ccc(-c2nn(CC)cc2C)c(F)n1. The molecule has 2 aromatic rings. The average molecular weight is 262 g/mol.